The van der Waals surface area contributed by atoms with Gasteiger partial charge in [0.15, 0.2) is 0 Å². The molecule has 1 fully saturated rings. The highest BCUT2D eigenvalue weighted by molar-refractivity contribution is 6.30. The minimum absolute atomic E-state index is 0.0994. The van der Waals surface area contributed by atoms with E-state index in [1.165, 1.54) is 45.2 Å². The lowest BCUT2D eigenvalue weighted by molar-refractivity contribution is -0.216. The Morgan fingerprint density at radius 2 is 2.00 bits per heavy atom. The molecule has 3 heterocycles. The van der Waals surface area contributed by atoms with Crippen LogP contribution in [-0.2, 0) is 10.3 Å². The van der Waals surface area contributed by atoms with Crippen molar-refractivity contribution in [3.63, 3.8) is 0 Å². The number of ether oxygens (including phenoxy) is 2. The summed E-state index contributed by atoms with van der Waals surface area (Å²) in [4.78, 5) is 4.29. The van der Waals surface area contributed by atoms with Crippen molar-refractivity contribution in [1.29, 1.82) is 0 Å². The molecule has 2 atom stereocenters. The first-order valence-electron chi connectivity index (χ1n) is 9.67. The van der Waals surface area contributed by atoms with Gasteiger partial charge in [0.05, 0.1) is 11.6 Å². The largest absolute Gasteiger partial charge is 0.489 e. The predicted molar refractivity (Wildman–Crippen MR) is 108 cm³/mol. The second-order valence-corrected chi connectivity index (χ2v) is 8.66. The fourth-order valence-electron chi connectivity index (χ4n) is 4.05. The number of nitrogens with zero attached hydrogens (tertiary/aromatic N) is 1. The SMILES string of the molecule is CC1(C)OCCN[C@](C)(c2cc(NC3COc4cc(Cl)cnc43)ccc2F)C1(F)F. The number of fused-ring (bicyclic) bond motifs is 1. The summed E-state index contributed by atoms with van der Waals surface area (Å²) in [7, 11) is 0. The van der Waals surface area contributed by atoms with Crippen LogP contribution in [0.5, 0.6) is 5.75 Å². The van der Waals surface area contributed by atoms with Gasteiger partial charge < -0.3 is 20.1 Å². The van der Waals surface area contributed by atoms with E-state index in [2.05, 4.69) is 15.6 Å². The van der Waals surface area contributed by atoms with Crippen LogP contribution in [0.3, 0.4) is 0 Å². The van der Waals surface area contributed by atoms with Crippen molar-refractivity contribution in [2.45, 2.75) is 43.9 Å². The Balaban J connectivity index is 1.69. The van der Waals surface area contributed by atoms with Gasteiger partial charge in [-0.2, -0.15) is 0 Å². The van der Waals surface area contributed by atoms with E-state index >= 15 is 8.78 Å². The Morgan fingerprint density at radius 1 is 1.23 bits per heavy atom. The molecule has 9 heteroatoms. The van der Waals surface area contributed by atoms with Crippen molar-refractivity contribution in [3.8, 4) is 5.75 Å². The molecule has 2 N–H and O–H groups in total. The molecule has 1 aromatic heterocycles. The van der Waals surface area contributed by atoms with Gasteiger partial charge >= 0.3 is 0 Å². The summed E-state index contributed by atoms with van der Waals surface area (Å²) in [5.74, 6) is -3.55. The molecule has 2 aliphatic heterocycles. The van der Waals surface area contributed by atoms with Gasteiger partial charge in [-0.25, -0.2) is 13.2 Å². The zero-order valence-corrected chi connectivity index (χ0v) is 17.6. The molecule has 5 nitrogen and oxygen atoms in total. The highest BCUT2D eigenvalue weighted by Crippen LogP contribution is 2.48. The second kappa shape index (κ2) is 7.28. The zero-order chi connectivity index (χ0) is 21.7. The van der Waals surface area contributed by atoms with E-state index in [9.17, 15) is 4.39 Å². The first-order chi connectivity index (χ1) is 14.0. The van der Waals surface area contributed by atoms with Crippen molar-refractivity contribution in [3.05, 3.63) is 52.6 Å². The van der Waals surface area contributed by atoms with Crippen LogP contribution in [0.2, 0.25) is 5.02 Å². The number of benzene rings is 1. The molecule has 1 unspecified atom stereocenters. The van der Waals surface area contributed by atoms with E-state index in [4.69, 9.17) is 21.1 Å². The number of rotatable bonds is 3. The van der Waals surface area contributed by atoms with Crippen molar-refractivity contribution in [2.75, 3.05) is 25.1 Å². The summed E-state index contributed by atoms with van der Waals surface area (Å²) in [6.45, 7) is 4.51. The monoisotopic (exact) mass is 441 g/mol. The van der Waals surface area contributed by atoms with Crippen LogP contribution in [0.25, 0.3) is 0 Å². The topological polar surface area (TPSA) is 55.4 Å². The molecule has 0 spiro atoms. The minimum Gasteiger partial charge on any atom is -0.489 e. The van der Waals surface area contributed by atoms with Crippen LogP contribution in [-0.4, -0.2) is 36.3 Å². The van der Waals surface area contributed by atoms with Crippen LogP contribution in [0, 0.1) is 5.82 Å². The van der Waals surface area contributed by atoms with E-state index in [0.29, 0.717) is 28.8 Å². The van der Waals surface area contributed by atoms with Crippen LogP contribution in [0.1, 0.15) is 38.1 Å². The summed E-state index contributed by atoms with van der Waals surface area (Å²) in [6.07, 6.45) is 1.51. The lowest BCUT2D eigenvalue weighted by Gasteiger charge is -2.44. The van der Waals surface area contributed by atoms with Gasteiger partial charge in [-0.1, -0.05) is 11.6 Å². The molecule has 0 radical (unpaired) electrons. The van der Waals surface area contributed by atoms with Gasteiger partial charge in [-0.3, -0.25) is 4.98 Å². The van der Waals surface area contributed by atoms with Crippen LogP contribution >= 0.6 is 11.6 Å². The van der Waals surface area contributed by atoms with Gasteiger partial charge in [0, 0.05) is 30.1 Å². The summed E-state index contributed by atoms with van der Waals surface area (Å²) >= 11 is 5.94. The van der Waals surface area contributed by atoms with E-state index in [-0.39, 0.29) is 24.8 Å². The van der Waals surface area contributed by atoms with Crippen LogP contribution in [0.4, 0.5) is 18.9 Å². The average molecular weight is 442 g/mol. The molecule has 0 bridgehead atoms. The maximum absolute atomic E-state index is 15.5. The van der Waals surface area contributed by atoms with Gasteiger partial charge in [0.25, 0.3) is 5.92 Å². The highest BCUT2D eigenvalue weighted by atomic mass is 35.5. The molecule has 0 saturated carbocycles. The third-order valence-electron chi connectivity index (χ3n) is 5.86. The van der Waals surface area contributed by atoms with Gasteiger partial charge in [0.1, 0.15) is 41.0 Å². The molecule has 2 aromatic rings. The Kier molecular flexibility index (Phi) is 5.15. The highest BCUT2D eigenvalue weighted by Gasteiger charge is 2.63. The smallest absolute Gasteiger partial charge is 0.297 e. The maximum atomic E-state index is 15.5. The number of anilines is 1. The Labute approximate surface area is 177 Å². The van der Waals surface area contributed by atoms with E-state index in [1.54, 1.807) is 6.07 Å². The van der Waals surface area contributed by atoms with E-state index in [1.807, 2.05) is 0 Å². The zero-order valence-electron chi connectivity index (χ0n) is 16.9. The van der Waals surface area contributed by atoms with Gasteiger partial charge in [-0.05, 0) is 39.0 Å². The van der Waals surface area contributed by atoms with Gasteiger partial charge in [-0.15, -0.1) is 0 Å². The Morgan fingerprint density at radius 3 is 2.77 bits per heavy atom. The average Bonchev–Trinajstić information content (AvgIpc) is 3.04. The second-order valence-electron chi connectivity index (χ2n) is 8.22. The standard InChI is InChI=1S/C21H23ClF3N3O2/c1-19(2)21(24,25)20(3,27-6-7-30-19)14-9-13(4-5-15(14)23)28-16-11-29-17-8-12(22)10-26-18(16)17/h4-5,8-10,16,27-28H,6-7,11H2,1-3H3/t16?,20-/m1/s1. The molecule has 0 amide bonds. The van der Waals surface area contributed by atoms with E-state index in [0.717, 1.165) is 0 Å². The number of hydrogen-bond donors (Lipinski definition) is 2. The molecule has 4 rings (SSSR count). The molecule has 1 saturated heterocycles. The third kappa shape index (κ3) is 3.31. The third-order valence-corrected chi connectivity index (χ3v) is 6.06. The lowest BCUT2D eigenvalue weighted by Crippen LogP contribution is -2.61. The number of alkyl halides is 2. The van der Waals surface area contributed by atoms with Crippen molar-refractivity contribution >= 4 is 17.3 Å². The first kappa shape index (κ1) is 21.2. The first-order valence-corrected chi connectivity index (χ1v) is 10.0. The summed E-state index contributed by atoms with van der Waals surface area (Å²) in [5.41, 5.74) is -2.75. The fraction of sp³-hybridized carbons (Fsp3) is 0.476. The molecule has 30 heavy (non-hydrogen) atoms. The van der Waals surface area contributed by atoms with Gasteiger partial charge in [0.2, 0.25) is 0 Å². The Bertz CT molecular complexity index is 973. The molecule has 0 aliphatic carbocycles. The van der Waals surface area contributed by atoms with Crippen molar-refractivity contribution in [1.82, 2.24) is 10.3 Å². The molecule has 1 aromatic carbocycles. The fourth-order valence-corrected chi connectivity index (χ4v) is 4.19. The summed E-state index contributed by atoms with van der Waals surface area (Å²) in [6, 6.07) is 5.45. The number of pyridine rings is 1. The minimum atomic E-state index is -3.39. The normalized spacial score (nSPS) is 27.1. The van der Waals surface area contributed by atoms with Crippen LogP contribution in [0.15, 0.2) is 30.5 Å². The lowest BCUT2D eigenvalue weighted by atomic mass is 9.77. The van der Waals surface area contributed by atoms with Crippen molar-refractivity contribution < 1.29 is 22.6 Å². The molecular formula is C21H23ClF3N3O2. The predicted octanol–water partition coefficient (Wildman–Crippen LogP) is 4.67. The number of hydrogen-bond acceptors (Lipinski definition) is 5. The molecule has 2 aliphatic rings. The maximum Gasteiger partial charge on any atom is 0.297 e. The number of halogens is 4. The number of aromatic nitrogens is 1. The van der Waals surface area contributed by atoms with Crippen LogP contribution < -0.4 is 15.4 Å². The summed E-state index contributed by atoms with van der Waals surface area (Å²) < 4.78 is 56.8. The summed E-state index contributed by atoms with van der Waals surface area (Å²) in [5, 5.41) is 6.47. The number of nitrogens with one attached hydrogen (secondary N) is 2. The van der Waals surface area contributed by atoms with Crippen molar-refractivity contribution in [2.24, 2.45) is 0 Å². The molecule has 162 valence electrons. The van der Waals surface area contributed by atoms with E-state index < -0.39 is 22.9 Å². The Hall–Kier alpha value is -2.03. The quantitative estimate of drug-likeness (QED) is 0.725. The molecular weight excluding hydrogens is 419 g/mol.